The van der Waals surface area contributed by atoms with Crippen molar-refractivity contribution in [1.82, 2.24) is 14.7 Å². The normalized spacial score (nSPS) is 20.1. The zero-order valence-corrected chi connectivity index (χ0v) is 14.1. The number of hydrogen-bond donors (Lipinski definition) is 0. The molecule has 0 atom stereocenters. The molecule has 0 N–H and O–H groups in total. The molecule has 7 nitrogen and oxygen atoms in total. The van der Waals surface area contributed by atoms with Gasteiger partial charge in [0.1, 0.15) is 4.90 Å². The van der Waals surface area contributed by atoms with Crippen LogP contribution in [-0.4, -0.2) is 81.7 Å². The molecular formula is C15H20N4O3S. The zero-order chi connectivity index (χ0) is 16.6. The van der Waals surface area contributed by atoms with Crippen molar-refractivity contribution in [2.24, 2.45) is 4.40 Å². The molecule has 2 aliphatic rings. The van der Waals surface area contributed by atoms with Crippen molar-refractivity contribution in [2.75, 3.05) is 46.8 Å². The summed E-state index contributed by atoms with van der Waals surface area (Å²) in [5, 5.41) is 0. The largest absolute Gasteiger partial charge is 0.349 e. The molecule has 0 bridgehead atoms. The summed E-state index contributed by atoms with van der Waals surface area (Å²) >= 11 is 0. The van der Waals surface area contributed by atoms with Crippen molar-refractivity contribution in [3.05, 3.63) is 29.8 Å². The Hall–Kier alpha value is -1.93. The lowest BCUT2D eigenvalue weighted by atomic mass is 10.2. The van der Waals surface area contributed by atoms with Gasteiger partial charge >= 0.3 is 0 Å². The van der Waals surface area contributed by atoms with Crippen molar-refractivity contribution < 1.29 is 13.2 Å². The van der Waals surface area contributed by atoms with E-state index in [1.165, 1.54) is 6.07 Å². The minimum atomic E-state index is -3.65. The molecule has 1 fully saturated rings. The van der Waals surface area contributed by atoms with Gasteiger partial charge in [0.25, 0.3) is 10.0 Å². The van der Waals surface area contributed by atoms with Gasteiger partial charge in [0.2, 0.25) is 5.91 Å². The molecule has 2 aliphatic heterocycles. The number of nitrogens with zero attached hydrogens (tertiary/aromatic N) is 4. The Balaban J connectivity index is 1.74. The Morgan fingerprint density at radius 1 is 1.22 bits per heavy atom. The van der Waals surface area contributed by atoms with E-state index < -0.39 is 10.0 Å². The summed E-state index contributed by atoms with van der Waals surface area (Å²) in [6, 6.07) is 6.70. The third kappa shape index (κ3) is 3.09. The Kier molecular flexibility index (Phi) is 4.11. The number of hydrogen-bond acceptors (Lipinski definition) is 5. The fourth-order valence-electron chi connectivity index (χ4n) is 2.80. The van der Waals surface area contributed by atoms with E-state index in [-0.39, 0.29) is 17.3 Å². The number of sulfonamides is 1. The number of carbonyl (C=O) groups is 1. The molecule has 1 amide bonds. The predicted molar refractivity (Wildman–Crippen MR) is 86.9 cm³/mol. The summed E-state index contributed by atoms with van der Waals surface area (Å²) in [5.74, 6) is 0.327. The average molecular weight is 336 g/mol. The summed E-state index contributed by atoms with van der Waals surface area (Å²) < 4.78 is 28.0. The number of piperazine rings is 1. The standard InChI is InChI=1S/C15H20N4O3S/c1-17-7-9-19(10-8-17)14(20)11-18(2)15-12-5-3-4-6-13(12)23(21,22)16-15/h3-6H,7-11H2,1-2H3. The van der Waals surface area contributed by atoms with Gasteiger partial charge in [0.05, 0.1) is 6.54 Å². The molecule has 124 valence electrons. The van der Waals surface area contributed by atoms with E-state index in [1.807, 2.05) is 11.9 Å². The first-order valence-electron chi connectivity index (χ1n) is 7.50. The number of fused-ring (bicyclic) bond motifs is 1. The lowest BCUT2D eigenvalue weighted by Gasteiger charge is -2.33. The van der Waals surface area contributed by atoms with Crippen LogP contribution in [0.15, 0.2) is 33.6 Å². The van der Waals surface area contributed by atoms with E-state index in [2.05, 4.69) is 9.30 Å². The smallest absolute Gasteiger partial charge is 0.285 e. The van der Waals surface area contributed by atoms with Gasteiger partial charge < -0.3 is 14.7 Å². The predicted octanol–water partition coefficient (Wildman–Crippen LogP) is -0.159. The number of carbonyl (C=O) groups excluding carboxylic acids is 1. The van der Waals surface area contributed by atoms with Crippen LogP contribution >= 0.6 is 0 Å². The van der Waals surface area contributed by atoms with Crippen molar-refractivity contribution in [2.45, 2.75) is 4.90 Å². The fraction of sp³-hybridized carbons (Fsp3) is 0.467. The molecule has 0 saturated carbocycles. The van der Waals surface area contributed by atoms with Crippen molar-refractivity contribution >= 4 is 21.8 Å². The topological polar surface area (TPSA) is 73.3 Å². The van der Waals surface area contributed by atoms with E-state index in [1.54, 1.807) is 30.1 Å². The van der Waals surface area contributed by atoms with Gasteiger partial charge in [-0.05, 0) is 19.2 Å². The maximum atomic E-state index is 12.4. The average Bonchev–Trinajstić information content (AvgIpc) is 2.80. The monoisotopic (exact) mass is 336 g/mol. The SMILES string of the molecule is CN1CCN(C(=O)CN(C)C2=NS(=O)(=O)c3ccccc32)CC1. The second kappa shape index (κ2) is 5.93. The first-order valence-corrected chi connectivity index (χ1v) is 8.94. The molecule has 0 radical (unpaired) electrons. The second-order valence-corrected chi connectivity index (χ2v) is 7.50. The van der Waals surface area contributed by atoms with Gasteiger partial charge in [-0.2, -0.15) is 8.42 Å². The lowest BCUT2D eigenvalue weighted by Crippen LogP contribution is -2.50. The number of likely N-dealkylation sites (N-methyl/N-ethyl adjacent to an activating group) is 2. The molecule has 3 rings (SSSR count). The van der Waals surface area contributed by atoms with E-state index in [9.17, 15) is 13.2 Å². The van der Waals surface area contributed by atoms with Crippen molar-refractivity contribution in [1.29, 1.82) is 0 Å². The molecule has 1 aromatic rings. The molecule has 0 unspecified atom stereocenters. The Bertz CT molecular complexity index is 752. The molecule has 23 heavy (non-hydrogen) atoms. The van der Waals surface area contributed by atoms with E-state index in [4.69, 9.17) is 0 Å². The fourth-order valence-corrected chi connectivity index (χ4v) is 4.05. The lowest BCUT2D eigenvalue weighted by molar-refractivity contribution is -0.132. The molecule has 8 heteroatoms. The van der Waals surface area contributed by atoms with Crippen LogP contribution in [-0.2, 0) is 14.8 Å². The Labute approximate surface area is 136 Å². The van der Waals surface area contributed by atoms with Crippen LogP contribution in [0.25, 0.3) is 0 Å². The first kappa shape index (κ1) is 15.9. The molecular weight excluding hydrogens is 316 g/mol. The summed E-state index contributed by atoms with van der Waals surface area (Å²) in [7, 11) is 0.0766. The van der Waals surface area contributed by atoms with Crippen LogP contribution in [0.4, 0.5) is 0 Å². The highest BCUT2D eigenvalue weighted by molar-refractivity contribution is 7.90. The van der Waals surface area contributed by atoms with Gasteiger partial charge in [-0.3, -0.25) is 4.79 Å². The number of amidine groups is 1. The minimum Gasteiger partial charge on any atom is -0.349 e. The van der Waals surface area contributed by atoms with Crippen LogP contribution in [0.3, 0.4) is 0 Å². The van der Waals surface area contributed by atoms with Crippen molar-refractivity contribution in [3.63, 3.8) is 0 Å². The van der Waals surface area contributed by atoms with Crippen LogP contribution in [0.2, 0.25) is 0 Å². The minimum absolute atomic E-state index is 0.00919. The van der Waals surface area contributed by atoms with E-state index in [0.29, 0.717) is 24.5 Å². The highest BCUT2D eigenvalue weighted by Crippen LogP contribution is 2.26. The van der Waals surface area contributed by atoms with Gasteiger partial charge in [0, 0.05) is 38.8 Å². The number of benzene rings is 1. The van der Waals surface area contributed by atoms with Gasteiger partial charge in [-0.15, -0.1) is 4.40 Å². The van der Waals surface area contributed by atoms with Gasteiger partial charge in [0.15, 0.2) is 5.84 Å². The van der Waals surface area contributed by atoms with E-state index >= 15 is 0 Å². The molecule has 1 aromatic carbocycles. The quantitative estimate of drug-likeness (QED) is 0.750. The molecule has 1 saturated heterocycles. The third-order valence-corrected chi connectivity index (χ3v) is 5.53. The van der Waals surface area contributed by atoms with Gasteiger partial charge in [-0.1, -0.05) is 12.1 Å². The summed E-state index contributed by atoms with van der Waals surface area (Å²) in [6.45, 7) is 3.22. The highest BCUT2D eigenvalue weighted by atomic mass is 32.2. The molecule has 0 aliphatic carbocycles. The zero-order valence-electron chi connectivity index (χ0n) is 13.3. The first-order chi connectivity index (χ1) is 10.9. The third-order valence-electron chi connectivity index (χ3n) is 4.20. The Morgan fingerprint density at radius 2 is 1.87 bits per heavy atom. The summed E-state index contributed by atoms with van der Waals surface area (Å²) in [5.41, 5.74) is 0.557. The van der Waals surface area contributed by atoms with Crippen LogP contribution < -0.4 is 0 Å². The second-order valence-electron chi connectivity index (χ2n) is 5.93. The van der Waals surface area contributed by atoms with Crippen LogP contribution in [0.5, 0.6) is 0 Å². The van der Waals surface area contributed by atoms with Crippen LogP contribution in [0.1, 0.15) is 5.56 Å². The molecule has 0 spiro atoms. The maximum Gasteiger partial charge on any atom is 0.285 e. The molecule has 0 aromatic heterocycles. The number of rotatable bonds is 2. The van der Waals surface area contributed by atoms with E-state index in [0.717, 1.165) is 13.1 Å². The number of amides is 1. The summed E-state index contributed by atoms with van der Waals surface area (Å²) in [4.78, 5) is 18.2. The van der Waals surface area contributed by atoms with Crippen LogP contribution in [0, 0.1) is 0 Å². The maximum absolute atomic E-state index is 12.4. The van der Waals surface area contributed by atoms with Crippen molar-refractivity contribution in [3.8, 4) is 0 Å². The molecule has 2 heterocycles. The van der Waals surface area contributed by atoms with Gasteiger partial charge in [-0.25, -0.2) is 0 Å². The highest BCUT2D eigenvalue weighted by Gasteiger charge is 2.31. The summed E-state index contributed by atoms with van der Waals surface area (Å²) in [6.07, 6.45) is 0. The Morgan fingerprint density at radius 3 is 2.57 bits per heavy atom.